The van der Waals surface area contributed by atoms with Crippen molar-refractivity contribution in [3.63, 3.8) is 0 Å². The van der Waals surface area contributed by atoms with Crippen molar-refractivity contribution in [3.8, 4) is 11.3 Å². The van der Waals surface area contributed by atoms with Gasteiger partial charge in [-0.2, -0.15) is 0 Å². The first-order chi connectivity index (χ1) is 16.4. The van der Waals surface area contributed by atoms with E-state index in [0.717, 1.165) is 22.6 Å². The number of aromatic nitrogens is 2. The summed E-state index contributed by atoms with van der Waals surface area (Å²) in [5.74, 6) is -0.0757. The summed E-state index contributed by atoms with van der Waals surface area (Å²) in [6, 6.07) is 19.9. The SMILES string of the molecule is CNCC1CN(C(c2nc(-c3ccccc3)cn2Cc2ccccc2)C(C)C)C(=O)C(=O)N1C. The van der Waals surface area contributed by atoms with Gasteiger partial charge in [-0.05, 0) is 18.5 Å². The monoisotopic (exact) mass is 459 g/mol. The molecule has 1 aliphatic rings. The second-order valence-corrected chi connectivity index (χ2v) is 9.24. The van der Waals surface area contributed by atoms with Gasteiger partial charge in [-0.1, -0.05) is 74.5 Å². The van der Waals surface area contributed by atoms with Crippen LogP contribution in [0.3, 0.4) is 0 Å². The van der Waals surface area contributed by atoms with Crippen molar-refractivity contribution in [2.24, 2.45) is 5.92 Å². The number of piperazine rings is 1. The highest BCUT2D eigenvalue weighted by molar-refractivity contribution is 6.35. The third-order valence-electron chi connectivity index (χ3n) is 6.46. The molecule has 0 spiro atoms. The summed E-state index contributed by atoms with van der Waals surface area (Å²) < 4.78 is 2.13. The van der Waals surface area contributed by atoms with Crippen molar-refractivity contribution in [1.29, 1.82) is 0 Å². The largest absolute Gasteiger partial charge is 0.331 e. The number of rotatable bonds is 8. The molecule has 7 nitrogen and oxygen atoms in total. The lowest BCUT2D eigenvalue weighted by molar-refractivity contribution is -0.160. The third kappa shape index (κ3) is 4.75. The first-order valence-electron chi connectivity index (χ1n) is 11.8. The van der Waals surface area contributed by atoms with Crippen LogP contribution in [0.2, 0.25) is 0 Å². The molecule has 1 N–H and O–H groups in total. The maximum absolute atomic E-state index is 13.2. The van der Waals surface area contributed by atoms with Gasteiger partial charge in [0.2, 0.25) is 0 Å². The number of likely N-dealkylation sites (N-methyl/N-ethyl adjacent to an activating group) is 2. The predicted octanol–water partition coefficient (Wildman–Crippen LogP) is 3.18. The number of amides is 2. The first-order valence-corrected chi connectivity index (χ1v) is 11.8. The highest BCUT2D eigenvalue weighted by Crippen LogP contribution is 2.33. The van der Waals surface area contributed by atoms with Gasteiger partial charge in [0.1, 0.15) is 5.82 Å². The average molecular weight is 460 g/mol. The molecule has 4 rings (SSSR count). The van der Waals surface area contributed by atoms with Crippen LogP contribution in [0.4, 0.5) is 0 Å². The summed E-state index contributed by atoms with van der Waals surface area (Å²) in [5.41, 5.74) is 3.03. The van der Waals surface area contributed by atoms with Crippen LogP contribution in [0, 0.1) is 5.92 Å². The van der Waals surface area contributed by atoms with E-state index in [9.17, 15) is 9.59 Å². The highest BCUT2D eigenvalue weighted by atomic mass is 16.2. The number of benzene rings is 2. The zero-order valence-electron chi connectivity index (χ0n) is 20.3. The highest BCUT2D eigenvalue weighted by Gasteiger charge is 2.42. The maximum Gasteiger partial charge on any atom is 0.312 e. The molecular weight excluding hydrogens is 426 g/mol. The van der Waals surface area contributed by atoms with Gasteiger partial charge in [-0.15, -0.1) is 0 Å². The molecule has 0 bridgehead atoms. The molecule has 0 saturated carbocycles. The van der Waals surface area contributed by atoms with E-state index in [1.165, 1.54) is 0 Å². The standard InChI is InChI=1S/C27H33N5O2/c1-19(2)24(32-17-22(15-28-3)30(4)26(33)27(32)34)25-29-23(21-13-9-6-10-14-21)18-31(25)16-20-11-7-5-8-12-20/h5-14,18-19,22,24,28H,15-17H2,1-4H3. The van der Waals surface area contributed by atoms with Gasteiger partial charge >= 0.3 is 11.8 Å². The Hall–Kier alpha value is -3.45. The number of carbonyl (C=O) groups excluding carboxylic acids is 2. The molecule has 7 heteroatoms. The summed E-state index contributed by atoms with van der Waals surface area (Å²) in [7, 11) is 3.56. The molecule has 1 aliphatic heterocycles. The van der Waals surface area contributed by atoms with Gasteiger partial charge < -0.3 is 19.7 Å². The topological polar surface area (TPSA) is 70.5 Å². The van der Waals surface area contributed by atoms with Crippen LogP contribution >= 0.6 is 0 Å². The second kappa shape index (κ2) is 10.2. The van der Waals surface area contributed by atoms with Crippen LogP contribution in [0.1, 0.15) is 31.3 Å². The Morgan fingerprint density at radius 3 is 2.26 bits per heavy atom. The summed E-state index contributed by atoms with van der Waals surface area (Å²) in [6.45, 7) is 5.87. The molecule has 0 radical (unpaired) electrons. The van der Waals surface area contributed by atoms with Crippen LogP contribution < -0.4 is 5.32 Å². The number of hydrogen-bond donors (Lipinski definition) is 1. The van der Waals surface area contributed by atoms with Crippen molar-refractivity contribution in [2.45, 2.75) is 32.5 Å². The van der Waals surface area contributed by atoms with E-state index in [1.54, 1.807) is 16.8 Å². The summed E-state index contributed by atoms with van der Waals surface area (Å²) >= 11 is 0. The minimum atomic E-state index is -0.471. The number of nitrogens with one attached hydrogen (secondary N) is 1. The van der Waals surface area contributed by atoms with E-state index in [2.05, 4.69) is 42.1 Å². The fourth-order valence-corrected chi connectivity index (χ4v) is 4.67. The molecule has 2 unspecified atom stereocenters. The molecule has 2 aromatic carbocycles. The molecular formula is C27H33N5O2. The summed E-state index contributed by atoms with van der Waals surface area (Å²) in [5, 5.41) is 3.15. The van der Waals surface area contributed by atoms with Gasteiger partial charge in [0.15, 0.2) is 0 Å². The van der Waals surface area contributed by atoms with Crippen LogP contribution in [0.5, 0.6) is 0 Å². The molecule has 2 atom stereocenters. The molecule has 1 saturated heterocycles. The third-order valence-corrected chi connectivity index (χ3v) is 6.46. The van der Waals surface area contributed by atoms with Crippen molar-refractivity contribution in [2.75, 3.05) is 27.2 Å². The molecule has 1 fully saturated rings. The Bertz CT molecular complexity index is 1130. The quantitative estimate of drug-likeness (QED) is 0.526. The Kier molecular flexibility index (Phi) is 7.12. The molecule has 1 aromatic heterocycles. The lowest BCUT2D eigenvalue weighted by Crippen LogP contribution is -2.61. The van der Waals surface area contributed by atoms with Crippen molar-refractivity contribution >= 4 is 11.8 Å². The zero-order valence-corrected chi connectivity index (χ0v) is 20.3. The minimum absolute atomic E-state index is 0.0657. The van der Waals surface area contributed by atoms with Crippen molar-refractivity contribution < 1.29 is 9.59 Å². The number of imidazole rings is 1. The Morgan fingerprint density at radius 1 is 1.00 bits per heavy atom. The first kappa shape index (κ1) is 23.7. The number of hydrogen-bond acceptors (Lipinski definition) is 4. The molecule has 34 heavy (non-hydrogen) atoms. The predicted molar refractivity (Wildman–Crippen MR) is 133 cm³/mol. The van der Waals surface area contributed by atoms with Gasteiger partial charge in [-0.25, -0.2) is 4.98 Å². The van der Waals surface area contributed by atoms with Gasteiger partial charge in [0, 0.05) is 38.4 Å². The Morgan fingerprint density at radius 2 is 1.65 bits per heavy atom. The lowest BCUT2D eigenvalue weighted by atomic mass is 9.98. The molecule has 178 valence electrons. The smallest absolute Gasteiger partial charge is 0.312 e. The van der Waals surface area contributed by atoms with Gasteiger partial charge in [0.25, 0.3) is 0 Å². The van der Waals surface area contributed by atoms with E-state index in [0.29, 0.717) is 19.6 Å². The van der Waals surface area contributed by atoms with E-state index in [4.69, 9.17) is 4.98 Å². The maximum atomic E-state index is 13.2. The van der Waals surface area contributed by atoms with Crippen LogP contribution in [-0.2, 0) is 16.1 Å². The zero-order chi connectivity index (χ0) is 24.2. The van der Waals surface area contributed by atoms with Crippen LogP contribution in [-0.4, -0.2) is 64.4 Å². The minimum Gasteiger partial charge on any atom is -0.331 e. The van der Waals surface area contributed by atoms with Crippen LogP contribution in [0.25, 0.3) is 11.3 Å². The van der Waals surface area contributed by atoms with Gasteiger partial charge in [-0.3, -0.25) is 9.59 Å². The van der Waals surface area contributed by atoms with E-state index < -0.39 is 11.8 Å². The Balaban J connectivity index is 1.79. The van der Waals surface area contributed by atoms with Crippen LogP contribution in [0.15, 0.2) is 66.9 Å². The van der Waals surface area contributed by atoms with E-state index in [-0.39, 0.29) is 18.0 Å². The molecule has 0 aliphatic carbocycles. The number of nitrogens with zero attached hydrogens (tertiary/aromatic N) is 4. The second-order valence-electron chi connectivity index (χ2n) is 9.24. The molecule has 3 aromatic rings. The average Bonchev–Trinajstić information content (AvgIpc) is 3.25. The number of carbonyl (C=O) groups is 2. The van der Waals surface area contributed by atoms with Crippen molar-refractivity contribution in [3.05, 3.63) is 78.2 Å². The fraction of sp³-hybridized carbons (Fsp3) is 0.370. The lowest BCUT2D eigenvalue weighted by Gasteiger charge is -2.43. The van der Waals surface area contributed by atoms with E-state index >= 15 is 0 Å². The molecule has 2 heterocycles. The van der Waals surface area contributed by atoms with Crippen molar-refractivity contribution in [1.82, 2.24) is 24.7 Å². The summed E-state index contributed by atoms with van der Waals surface area (Å²) in [4.78, 5) is 34.4. The summed E-state index contributed by atoms with van der Waals surface area (Å²) in [6.07, 6.45) is 2.06. The van der Waals surface area contributed by atoms with Gasteiger partial charge in [0.05, 0.1) is 17.8 Å². The Labute approximate surface area is 201 Å². The van der Waals surface area contributed by atoms with E-state index in [1.807, 2.05) is 55.6 Å². The normalized spacial score (nSPS) is 17.5. The fourth-order valence-electron chi connectivity index (χ4n) is 4.67. The molecule has 2 amide bonds.